The molecule has 0 aromatic carbocycles. The highest BCUT2D eigenvalue weighted by Gasteiger charge is 2.52. The number of piperidine rings is 1. The summed E-state index contributed by atoms with van der Waals surface area (Å²) in [6, 6.07) is 0. The molecule has 1 heterocycles. The first-order valence-electron chi connectivity index (χ1n) is 6.91. The molecule has 1 aliphatic heterocycles. The van der Waals surface area contributed by atoms with E-state index >= 15 is 0 Å². The predicted molar refractivity (Wildman–Crippen MR) is 71.8 cm³/mol. The highest BCUT2D eigenvalue weighted by Crippen LogP contribution is 2.47. The molecule has 0 radical (unpaired) electrons. The zero-order chi connectivity index (χ0) is 12.7. The van der Waals surface area contributed by atoms with E-state index in [4.69, 9.17) is 6.57 Å². The van der Waals surface area contributed by atoms with Gasteiger partial charge in [0.25, 0.3) is 0 Å². The van der Waals surface area contributed by atoms with Crippen LogP contribution >= 0.6 is 0 Å². The van der Waals surface area contributed by atoms with Gasteiger partial charge in [-0.15, -0.1) is 0 Å². The van der Waals surface area contributed by atoms with Gasteiger partial charge in [-0.05, 0) is 36.8 Å². The summed E-state index contributed by atoms with van der Waals surface area (Å²) in [4.78, 5) is 6.35. The zero-order valence-corrected chi connectivity index (χ0v) is 11.8. The van der Waals surface area contributed by atoms with Crippen LogP contribution < -0.4 is 0 Å². The van der Waals surface area contributed by atoms with E-state index in [1.54, 1.807) is 0 Å². The molecule has 1 saturated heterocycles. The second kappa shape index (κ2) is 3.99. The minimum atomic E-state index is 0.0233. The van der Waals surface area contributed by atoms with Crippen LogP contribution in [-0.4, -0.2) is 30.1 Å². The van der Waals surface area contributed by atoms with Gasteiger partial charge in [0.05, 0.1) is 6.54 Å². The van der Waals surface area contributed by atoms with Crippen LogP contribution in [0.2, 0.25) is 0 Å². The minimum Gasteiger partial charge on any atom is -0.309 e. The summed E-state index contributed by atoms with van der Waals surface area (Å²) in [7, 11) is 0. The molecule has 2 heteroatoms. The zero-order valence-electron chi connectivity index (χ0n) is 11.8. The molecule has 17 heavy (non-hydrogen) atoms. The molecule has 2 rings (SSSR count). The van der Waals surface area contributed by atoms with Gasteiger partial charge < -0.3 is 4.85 Å². The first-order chi connectivity index (χ1) is 7.80. The highest BCUT2D eigenvalue weighted by molar-refractivity contribution is 5.13. The fourth-order valence-electron chi connectivity index (χ4n) is 2.82. The lowest BCUT2D eigenvalue weighted by Crippen LogP contribution is -2.46. The predicted octanol–water partition coefficient (Wildman–Crippen LogP) is 3.59. The van der Waals surface area contributed by atoms with Gasteiger partial charge >= 0.3 is 0 Å². The maximum absolute atomic E-state index is 7.26. The molecule has 0 aromatic heterocycles. The second-order valence-corrected chi connectivity index (χ2v) is 7.42. The van der Waals surface area contributed by atoms with Crippen molar-refractivity contribution in [2.45, 2.75) is 58.9 Å². The number of nitrogens with zero attached hydrogens (tertiary/aromatic N) is 2. The first kappa shape index (κ1) is 12.9. The lowest BCUT2D eigenvalue weighted by atomic mass is 9.63. The van der Waals surface area contributed by atoms with E-state index in [0.29, 0.717) is 10.8 Å². The van der Waals surface area contributed by atoms with Gasteiger partial charge in [-0.25, -0.2) is 6.57 Å². The lowest BCUT2D eigenvalue weighted by Gasteiger charge is -2.48. The smallest absolute Gasteiger partial charge is 0.245 e. The van der Waals surface area contributed by atoms with Crippen molar-refractivity contribution in [2.24, 2.45) is 10.8 Å². The molecule has 0 N–H and O–H groups in total. The van der Waals surface area contributed by atoms with Crippen molar-refractivity contribution < 1.29 is 0 Å². The van der Waals surface area contributed by atoms with Gasteiger partial charge in [-0.1, -0.05) is 27.7 Å². The fraction of sp³-hybridized carbons (Fsp3) is 0.933. The Labute approximate surface area is 106 Å². The third-order valence-corrected chi connectivity index (χ3v) is 5.35. The molecular weight excluding hydrogens is 208 g/mol. The van der Waals surface area contributed by atoms with Crippen LogP contribution in [0.1, 0.15) is 53.4 Å². The normalized spacial score (nSPS) is 27.5. The van der Waals surface area contributed by atoms with Gasteiger partial charge in [-0.2, -0.15) is 0 Å². The van der Waals surface area contributed by atoms with Crippen molar-refractivity contribution in [1.29, 1.82) is 0 Å². The maximum atomic E-state index is 7.26. The van der Waals surface area contributed by atoms with Crippen molar-refractivity contribution in [3.05, 3.63) is 11.4 Å². The molecule has 0 amide bonds. The van der Waals surface area contributed by atoms with Crippen molar-refractivity contribution in [1.82, 2.24) is 4.90 Å². The summed E-state index contributed by atoms with van der Waals surface area (Å²) in [6.45, 7) is 20.2. The molecule has 1 saturated carbocycles. The van der Waals surface area contributed by atoms with Crippen LogP contribution in [0, 0.1) is 17.4 Å². The Hall–Kier alpha value is -0.550. The minimum absolute atomic E-state index is 0.0233. The van der Waals surface area contributed by atoms with Crippen molar-refractivity contribution in [2.75, 3.05) is 19.6 Å². The van der Waals surface area contributed by atoms with Crippen LogP contribution in [0.3, 0.4) is 0 Å². The van der Waals surface area contributed by atoms with Crippen molar-refractivity contribution in [3.8, 4) is 0 Å². The molecule has 2 fully saturated rings. The lowest BCUT2D eigenvalue weighted by molar-refractivity contribution is 0.0209. The van der Waals surface area contributed by atoms with Crippen LogP contribution in [0.5, 0.6) is 0 Å². The van der Waals surface area contributed by atoms with Gasteiger partial charge in [0.1, 0.15) is 0 Å². The number of rotatable bonds is 2. The Bertz CT molecular complexity index is 320. The molecule has 0 atom stereocenters. The third kappa shape index (κ3) is 2.50. The summed E-state index contributed by atoms with van der Waals surface area (Å²) in [5.74, 6) is 0. The summed E-state index contributed by atoms with van der Waals surface area (Å²) < 4.78 is 0. The van der Waals surface area contributed by atoms with Gasteiger partial charge in [-0.3, -0.25) is 4.90 Å². The average Bonchev–Trinajstić information content (AvgIpc) is 3.01. The topological polar surface area (TPSA) is 7.60 Å². The van der Waals surface area contributed by atoms with E-state index in [2.05, 4.69) is 37.4 Å². The van der Waals surface area contributed by atoms with Crippen LogP contribution in [0.25, 0.3) is 4.85 Å². The quantitative estimate of drug-likeness (QED) is 0.663. The molecular formula is C15H26N2. The Morgan fingerprint density at radius 2 is 1.65 bits per heavy atom. The van der Waals surface area contributed by atoms with Gasteiger partial charge in [0.15, 0.2) is 0 Å². The fourth-order valence-corrected chi connectivity index (χ4v) is 2.82. The number of hydrogen-bond acceptors (Lipinski definition) is 1. The molecule has 2 aliphatic rings. The third-order valence-electron chi connectivity index (χ3n) is 5.35. The van der Waals surface area contributed by atoms with Crippen LogP contribution in [0.15, 0.2) is 0 Å². The van der Waals surface area contributed by atoms with E-state index in [9.17, 15) is 0 Å². The van der Waals surface area contributed by atoms with E-state index < -0.39 is 0 Å². The van der Waals surface area contributed by atoms with E-state index in [0.717, 1.165) is 19.4 Å². The molecule has 0 bridgehead atoms. The summed E-state index contributed by atoms with van der Waals surface area (Å²) in [6.07, 6.45) is 4.82. The summed E-state index contributed by atoms with van der Waals surface area (Å²) >= 11 is 0. The largest absolute Gasteiger partial charge is 0.309 e. The maximum Gasteiger partial charge on any atom is 0.245 e. The average molecular weight is 234 g/mol. The standard InChI is InChI=1S/C15H26N2/c1-13(2,3)14(4)8-10-17(11-9-14)12-15(16-5)6-7-15/h6-12H2,1-4H3. The van der Waals surface area contributed by atoms with Crippen LogP contribution in [0.4, 0.5) is 0 Å². The van der Waals surface area contributed by atoms with E-state index in [1.807, 2.05) is 0 Å². The first-order valence-corrected chi connectivity index (χ1v) is 6.91. The number of hydrogen-bond donors (Lipinski definition) is 0. The van der Waals surface area contributed by atoms with Gasteiger partial charge in [0, 0.05) is 12.8 Å². The molecule has 0 unspecified atom stereocenters. The molecule has 2 nitrogen and oxygen atoms in total. The summed E-state index contributed by atoms with van der Waals surface area (Å²) in [5, 5.41) is 0. The van der Waals surface area contributed by atoms with E-state index in [-0.39, 0.29) is 5.54 Å². The molecule has 0 spiro atoms. The van der Waals surface area contributed by atoms with Crippen LogP contribution in [-0.2, 0) is 0 Å². The van der Waals surface area contributed by atoms with Crippen molar-refractivity contribution >= 4 is 0 Å². The highest BCUT2D eigenvalue weighted by atomic mass is 15.2. The van der Waals surface area contributed by atoms with Gasteiger partial charge in [0.2, 0.25) is 5.54 Å². The molecule has 0 aromatic rings. The Morgan fingerprint density at radius 1 is 1.12 bits per heavy atom. The molecule has 1 aliphatic carbocycles. The Balaban J connectivity index is 1.89. The monoisotopic (exact) mass is 234 g/mol. The second-order valence-electron chi connectivity index (χ2n) is 7.42. The van der Waals surface area contributed by atoms with E-state index in [1.165, 1.54) is 25.9 Å². The Morgan fingerprint density at radius 3 is 2.00 bits per heavy atom. The Kier molecular flexibility index (Phi) is 3.02. The summed E-state index contributed by atoms with van der Waals surface area (Å²) in [5.41, 5.74) is 0.893. The SMILES string of the molecule is [C-]#[N+]C1(CN2CCC(C)(C(C)(C)C)CC2)CC1. The van der Waals surface area contributed by atoms with Crippen molar-refractivity contribution in [3.63, 3.8) is 0 Å². The number of likely N-dealkylation sites (tertiary alicyclic amines) is 1. The molecule has 96 valence electrons.